The summed E-state index contributed by atoms with van der Waals surface area (Å²) in [7, 11) is 1.31. The Balaban J connectivity index is 1.96. The molecule has 0 unspecified atom stereocenters. The van der Waals surface area contributed by atoms with Crippen LogP contribution in [0, 0.1) is 0 Å². The number of methoxy groups -OCH3 is 1. The van der Waals surface area contributed by atoms with Crippen molar-refractivity contribution in [3.05, 3.63) is 48.2 Å². The van der Waals surface area contributed by atoms with Crippen molar-refractivity contribution in [2.45, 2.75) is 0 Å². The standard InChI is InChI=1S/C13H12N2O4/c1-18-12(16)9-4-6-10(7-5-9)14-13(17)15-11-3-2-8-19-11/h2-8H,1H3,(H2,14,15,17). The minimum atomic E-state index is -0.430. The van der Waals surface area contributed by atoms with E-state index in [0.717, 1.165) is 0 Å². The van der Waals surface area contributed by atoms with Gasteiger partial charge in [0.25, 0.3) is 0 Å². The van der Waals surface area contributed by atoms with E-state index in [4.69, 9.17) is 4.42 Å². The van der Waals surface area contributed by atoms with E-state index in [2.05, 4.69) is 15.4 Å². The summed E-state index contributed by atoms with van der Waals surface area (Å²) < 4.78 is 9.55. The molecule has 0 aliphatic carbocycles. The van der Waals surface area contributed by atoms with Gasteiger partial charge in [0, 0.05) is 11.8 Å². The Labute approximate surface area is 109 Å². The summed E-state index contributed by atoms with van der Waals surface area (Å²) in [6.45, 7) is 0. The molecule has 0 bridgehead atoms. The van der Waals surface area contributed by atoms with Gasteiger partial charge in [-0.05, 0) is 30.3 Å². The predicted octanol–water partition coefficient (Wildman–Crippen LogP) is 2.71. The molecule has 1 aromatic carbocycles. The average molecular weight is 260 g/mol. The number of rotatable bonds is 3. The zero-order valence-corrected chi connectivity index (χ0v) is 10.2. The number of amides is 2. The number of esters is 1. The summed E-state index contributed by atoms with van der Waals surface area (Å²) in [6.07, 6.45) is 1.46. The van der Waals surface area contributed by atoms with Gasteiger partial charge in [-0.2, -0.15) is 0 Å². The van der Waals surface area contributed by atoms with Crippen molar-refractivity contribution in [2.75, 3.05) is 17.7 Å². The first-order chi connectivity index (χ1) is 9.19. The molecule has 2 N–H and O–H groups in total. The highest BCUT2D eigenvalue weighted by Crippen LogP contribution is 2.12. The van der Waals surface area contributed by atoms with Crippen LogP contribution < -0.4 is 10.6 Å². The van der Waals surface area contributed by atoms with E-state index in [1.54, 1.807) is 36.4 Å². The highest BCUT2D eigenvalue weighted by molar-refractivity contribution is 5.99. The lowest BCUT2D eigenvalue weighted by Gasteiger charge is -2.06. The van der Waals surface area contributed by atoms with Crippen LogP contribution in [-0.4, -0.2) is 19.1 Å². The van der Waals surface area contributed by atoms with E-state index in [0.29, 0.717) is 17.1 Å². The van der Waals surface area contributed by atoms with Gasteiger partial charge in [-0.25, -0.2) is 9.59 Å². The fourth-order valence-corrected chi connectivity index (χ4v) is 1.43. The number of hydrogen-bond donors (Lipinski definition) is 2. The number of furan rings is 1. The van der Waals surface area contributed by atoms with Gasteiger partial charge in [0.15, 0.2) is 0 Å². The Kier molecular flexibility index (Phi) is 3.82. The fraction of sp³-hybridized carbons (Fsp3) is 0.0769. The summed E-state index contributed by atoms with van der Waals surface area (Å²) in [5, 5.41) is 5.11. The molecule has 0 radical (unpaired) electrons. The number of nitrogens with one attached hydrogen (secondary N) is 2. The second kappa shape index (κ2) is 5.72. The van der Waals surface area contributed by atoms with Gasteiger partial charge in [-0.3, -0.25) is 5.32 Å². The van der Waals surface area contributed by atoms with Crippen molar-refractivity contribution in [1.29, 1.82) is 0 Å². The normalized spacial score (nSPS) is 9.74. The second-order valence-corrected chi connectivity index (χ2v) is 3.63. The average Bonchev–Trinajstić information content (AvgIpc) is 2.91. The van der Waals surface area contributed by atoms with Crippen LogP contribution in [0.4, 0.5) is 16.4 Å². The Bertz CT molecular complexity index is 561. The monoisotopic (exact) mass is 260 g/mol. The Morgan fingerprint density at radius 2 is 1.84 bits per heavy atom. The molecule has 0 spiro atoms. The zero-order chi connectivity index (χ0) is 13.7. The van der Waals surface area contributed by atoms with Crippen molar-refractivity contribution >= 4 is 23.6 Å². The summed E-state index contributed by atoms with van der Waals surface area (Å²) in [6, 6.07) is 9.20. The first-order valence-electron chi connectivity index (χ1n) is 5.49. The smallest absolute Gasteiger partial charge is 0.337 e. The van der Waals surface area contributed by atoms with Crippen LogP contribution in [0.3, 0.4) is 0 Å². The molecule has 0 saturated heterocycles. The molecule has 1 heterocycles. The lowest BCUT2D eigenvalue weighted by atomic mass is 10.2. The first-order valence-corrected chi connectivity index (χ1v) is 5.49. The maximum atomic E-state index is 11.6. The van der Waals surface area contributed by atoms with E-state index < -0.39 is 12.0 Å². The van der Waals surface area contributed by atoms with Crippen molar-refractivity contribution in [3.8, 4) is 0 Å². The van der Waals surface area contributed by atoms with Crippen LogP contribution in [0.15, 0.2) is 47.1 Å². The van der Waals surface area contributed by atoms with Crippen LogP contribution in [0.5, 0.6) is 0 Å². The van der Waals surface area contributed by atoms with E-state index >= 15 is 0 Å². The quantitative estimate of drug-likeness (QED) is 0.831. The SMILES string of the molecule is COC(=O)c1ccc(NC(=O)Nc2ccco2)cc1. The molecular formula is C13H12N2O4. The predicted molar refractivity (Wildman–Crippen MR) is 69.1 cm³/mol. The highest BCUT2D eigenvalue weighted by Gasteiger charge is 2.07. The van der Waals surface area contributed by atoms with Gasteiger partial charge < -0.3 is 14.5 Å². The minimum Gasteiger partial charge on any atom is -0.465 e. The Morgan fingerprint density at radius 3 is 2.42 bits per heavy atom. The number of carbonyl (C=O) groups excluding carboxylic acids is 2. The maximum Gasteiger partial charge on any atom is 0.337 e. The molecule has 0 fully saturated rings. The zero-order valence-electron chi connectivity index (χ0n) is 10.2. The molecule has 0 aliphatic rings. The van der Waals surface area contributed by atoms with Gasteiger partial charge in [-0.1, -0.05) is 0 Å². The third kappa shape index (κ3) is 3.35. The van der Waals surface area contributed by atoms with Crippen LogP contribution in [0.2, 0.25) is 0 Å². The highest BCUT2D eigenvalue weighted by atomic mass is 16.5. The molecule has 6 nitrogen and oxygen atoms in total. The van der Waals surface area contributed by atoms with E-state index in [-0.39, 0.29) is 0 Å². The molecule has 2 amide bonds. The van der Waals surface area contributed by atoms with Crippen molar-refractivity contribution < 1.29 is 18.7 Å². The van der Waals surface area contributed by atoms with Gasteiger partial charge in [-0.15, -0.1) is 0 Å². The summed E-state index contributed by atoms with van der Waals surface area (Å²) in [5.41, 5.74) is 0.969. The Hall–Kier alpha value is -2.76. The molecule has 19 heavy (non-hydrogen) atoms. The molecular weight excluding hydrogens is 248 g/mol. The number of benzene rings is 1. The van der Waals surface area contributed by atoms with Crippen LogP contribution in [-0.2, 0) is 4.74 Å². The Morgan fingerprint density at radius 1 is 1.11 bits per heavy atom. The lowest BCUT2D eigenvalue weighted by molar-refractivity contribution is 0.0601. The summed E-state index contributed by atoms with van der Waals surface area (Å²) in [5.74, 6) is -0.0738. The first kappa shape index (κ1) is 12.7. The van der Waals surface area contributed by atoms with E-state index in [9.17, 15) is 9.59 Å². The fourth-order valence-electron chi connectivity index (χ4n) is 1.43. The van der Waals surface area contributed by atoms with E-state index in [1.807, 2.05) is 0 Å². The van der Waals surface area contributed by atoms with Gasteiger partial charge >= 0.3 is 12.0 Å². The van der Waals surface area contributed by atoms with Crippen molar-refractivity contribution in [3.63, 3.8) is 0 Å². The molecule has 0 atom stereocenters. The summed E-state index contributed by atoms with van der Waals surface area (Å²) in [4.78, 5) is 22.8. The van der Waals surface area contributed by atoms with Crippen LogP contribution in [0.1, 0.15) is 10.4 Å². The molecule has 0 saturated carbocycles. The third-order valence-corrected chi connectivity index (χ3v) is 2.32. The number of ether oxygens (including phenoxy) is 1. The van der Waals surface area contributed by atoms with Crippen molar-refractivity contribution in [2.24, 2.45) is 0 Å². The van der Waals surface area contributed by atoms with Crippen molar-refractivity contribution in [1.82, 2.24) is 0 Å². The lowest BCUT2D eigenvalue weighted by Crippen LogP contribution is -2.19. The summed E-state index contributed by atoms with van der Waals surface area (Å²) >= 11 is 0. The molecule has 98 valence electrons. The van der Waals surface area contributed by atoms with Crippen LogP contribution >= 0.6 is 0 Å². The number of carbonyl (C=O) groups is 2. The van der Waals surface area contributed by atoms with E-state index in [1.165, 1.54) is 13.4 Å². The number of urea groups is 1. The number of anilines is 2. The van der Waals surface area contributed by atoms with Gasteiger partial charge in [0.05, 0.1) is 18.9 Å². The molecule has 2 rings (SSSR count). The topological polar surface area (TPSA) is 80.6 Å². The molecule has 2 aromatic rings. The maximum absolute atomic E-state index is 11.6. The minimum absolute atomic E-state index is 0.351. The van der Waals surface area contributed by atoms with Gasteiger partial charge in [0.2, 0.25) is 5.88 Å². The van der Waals surface area contributed by atoms with Crippen LogP contribution in [0.25, 0.3) is 0 Å². The molecule has 0 aliphatic heterocycles. The largest absolute Gasteiger partial charge is 0.465 e. The number of hydrogen-bond acceptors (Lipinski definition) is 4. The van der Waals surface area contributed by atoms with Gasteiger partial charge in [0.1, 0.15) is 0 Å². The molecule has 1 aromatic heterocycles. The second-order valence-electron chi connectivity index (χ2n) is 3.63. The molecule has 6 heteroatoms. The third-order valence-electron chi connectivity index (χ3n) is 2.32.